The Kier molecular flexibility index (Phi) is 3.05. The number of hydrogen-bond acceptors (Lipinski definition) is 6. The van der Waals surface area contributed by atoms with Crippen molar-refractivity contribution in [3.05, 3.63) is 57.3 Å². The van der Waals surface area contributed by atoms with Crippen molar-refractivity contribution < 1.29 is 13.5 Å². The number of amidine groups is 1. The van der Waals surface area contributed by atoms with Crippen molar-refractivity contribution in [3.8, 4) is 0 Å². The number of anilines is 1. The van der Waals surface area contributed by atoms with Crippen molar-refractivity contribution in [2.75, 3.05) is 18.9 Å². The molecule has 25 heavy (non-hydrogen) atoms. The van der Waals surface area contributed by atoms with Crippen LogP contribution in [0.4, 0.5) is 10.4 Å². The molecule has 0 bridgehead atoms. The molecule has 0 unspecified atom stereocenters. The molecule has 1 aromatic carbocycles. The summed E-state index contributed by atoms with van der Waals surface area (Å²) in [7, 11) is 0. The highest BCUT2D eigenvalue weighted by Crippen LogP contribution is 2.43. The van der Waals surface area contributed by atoms with Gasteiger partial charge in [-0.25, -0.2) is 4.99 Å². The molecule has 2 N–H and O–H groups in total. The topological polar surface area (TPSA) is 76.9 Å². The fourth-order valence-corrected chi connectivity index (χ4v) is 3.91. The van der Waals surface area contributed by atoms with E-state index >= 15 is 0 Å². The third-order valence-corrected chi connectivity index (χ3v) is 5.07. The van der Waals surface area contributed by atoms with Gasteiger partial charge in [0.25, 0.3) is 6.01 Å². The van der Waals surface area contributed by atoms with Gasteiger partial charge in [0, 0.05) is 12.1 Å². The Hall–Kier alpha value is -2.61. The summed E-state index contributed by atoms with van der Waals surface area (Å²) >= 11 is 3.39. The second-order valence-corrected chi connectivity index (χ2v) is 6.82. The third-order valence-electron chi connectivity index (χ3n) is 4.49. The molecule has 0 saturated carbocycles. The van der Waals surface area contributed by atoms with Gasteiger partial charge in [0.15, 0.2) is 5.58 Å². The van der Waals surface area contributed by atoms with Gasteiger partial charge in [-0.1, -0.05) is 0 Å². The van der Waals surface area contributed by atoms with Gasteiger partial charge in [-0.05, 0) is 46.1 Å². The third kappa shape index (κ3) is 2.13. The molecule has 4 heterocycles. The highest BCUT2D eigenvalue weighted by Gasteiger charge is 2.37. The van der Waals surface area contributed by atoms with Crippen LogP contribution in [0, 0.1) is 0 Å². The summed E-state index contributed by atoms with van der Waals surface area (Å²) in [6.45, 7) is 1.17. The minimum absolute atomic E-state index is 0.104. The van der Waals surface area contributed by atoms with Crippen LogP contribution < -0.4 is 5.73 Å². The molecule has 0 fully saturated rings. The summed E-state index contributed by atoms with van der Waals surface area (Å²) in [6.07, 6.45) is 2.33. The maximum Gasteiger partial charge on any atom is 0.292 e. The second-order valence-electron chi connectivity index (χ2n) is 5.97. The lowest BCUT2D eigenvalue weighted by molar-refractivity contribution is 0.279. The Morgan fingerprint density at radius 2 is 2.20 bits per heavy atom. The van der Waals surface area contributed by atoms with Gasteiger partial charge in [0.1, 0.15) is 18.0 Å². The number of fused-ring (bicyclic) bond motifs is 1. The van der Waals surface area contributed by atoms with Gasteiger partial charge in [0.05, 0.1) is 22.0 Å². The summed E-state index contributed by atoms with van der Waals surface area (Å²) < 4.78 is 26.2. The summed E-state index contributed by atoms with van der Waals surface area (Å²) in [5, 5.41) is 0. The minimum atomic E-state index is -0.533. The van der Waals surface area contributed by atoms with Crippen LogP contribution in [0.15, 0.2) is 61.1 Å². The van der Waals surface area contributed by atoms with E-state index in [1.807, 2.05) is 17.0 Å². The van der Waals surface area contributed by atoms with Crippen LogP contribution in [0.5, 0.6) is 0 Å². The number of aliphatic imine (C=N–C) groups is 1. The number of benzene rings is 1. The van der Waals surface area contributed by atoms with Crippen molar-refractivity contribution in [2.45, 2.75) is 6.42 Å². The molecular weight excluding hydrogens is 391 g/mol. The smallest absolute Gasteiger partial charge is 0.292 e. The van der Waals surface area contributed by atoms with E-state index in [0.717, 1.165) is 29.8 Å². The van der Waals surface area contributed by atoms with Crippen LogP contribution in [-0.2, 0) is 4.74 Å². The van der Waals surface area contributed by atoms with E-state index < -0.39 is 5.95 Å². The quantitative estimate of drug-likeness (QED) is 0.737. The summed E-state index contributed by atoms with van der Waals surface area (Å²) in [4.78, 5) is 10.4. The van der Waals surface area contributed by atoms with Crippen LogP contribution in [0.2, 0.25) is 0 Å². The van der Waals surface area contributed by atoms with Gasteiger partial charge in [0.2, 0.25) is 5.95 Å². The number of nitrogens with zero attached hydrogens (tertiary/aromatic N) is 3. The molecule has 1 aromatic heterocycles. The lowest BCUT2D eigenvalue weighted by Crippen LogP contribution is -2.32. The maximum atomic E-state index is 14.8. The van der Waals surface area contributed by atoms with Crippen molar-refractivity contribution >= 4 is 38.9 Å². The van der Waals surface area contributed by atoms with Crippen LogP contribution in [0.25, 0.3) is 11.1 Å². The van der Waals surface area contributed by atoms with Crippen molar-refractivity contribution in [3.63, 3.8) is 0 Å². The highest BCUT2D eigenvalue weighted by molar-refractivity contribution is 9.12. The van der Waals surface area contributed by atoms with Gasteiger partial charge >= 0.3 is 0 Å². The first-order valence-electron chi connectivity index (χ1n) is 7.74. The Morgan fingerprint density at radius 3 is 3.08 bits per heavy atom. The van der Waals surface area contributed by atoms with Gasteiger partial charge in [-0.15, -0.1) is 0 Å². The van der Waals surface area contributed by atoms with E-state index in [2.05, 4.69) is 25.9 Å². The minimum Gasteiger partial charge on any atom is -0.496 e. The largest absolute Gasteiger partial charge is 0.496 e. The number of nitrogen functional groups attached to an aromatic ring is 1. The zero-order valence-corrected chi connectivity index (χ0v) is 14.5. The molecule has 0 spiro atoms. The number of oxazole rings is 1. The molecule has 0 amide bonds. The zero-order valence-electron chi connectivity index (χ0n) is 12.9. The molecule has 2 aromatic rings. The van der Waals surface area contributed by atoms with Crippen molar-refractivity contribution in [2.24, 2.45) is 4.99 Å². The van der Waals surface area contributed by atoms with Gasteiger partial charge in [-0.3, -0.25) is 0 Å². The second kappa shape index (κ2) is 5.19. The predicted molar refractivity (Wildman–Crippen MR) is 94.4 cm³/mol. The number of ether oxygens (including phenoxy) is 1. The van der Waals surface area contributed by atoms with E-state index in [-0.39, 0.29) is 6.01 Å². The first kappa shape index (κ1) is 14.7. The highest BCUT2D eigenvalue weighted by atomic mass is 79.9. The number of halogens is 2. The lowest BCUT2D eigenvalue weighted by atomic mass is 10.1. The summed E-state index contributed by atoms with van der Waals surface area (Å²) in [5.41, 5.74) is 9.91. The number of aromatic nitrogens is 1. The van der Waals surface area contributed by atoms with Crippen molar-refractivity contribution in [1.82, 2.24) is 9.88 Å². The Labute approximate surface area is 150 Å². The molecule has 0 radical (unpaired) electrons. The summed E-state index contributed by atoms with van der Waals surface area (Å²) in [5.74, 6) is 0.0194. The first-order chi connectivity index (χ1) is 12.1. The molecule has 0 atom stereocenters. The van der Waals surface area contributed by atoms with E-state index in [9.17, 15) is 4.39 Å². The molecule has 3 aliphatic rings. The molecule has 6 nitrogen and oxygen atoms in total. The predicted octanol–water partition coefficient (Wildman–Crippen LogP) is 3.58. The average molecular weight is 403 g/mol. The van der Waals surface area contributed by atoms with Crippen LogP contribution in [0.3, 0.4) is 0 Å². The maximum absolute atomic E-state index is 14.8. The lowest BCUT2D eigenvalue weighted by Gasteiger charge is -2.29. The summed E-state index contributed by atoms with van der Waals surface area (Å²) in [6, 6.07) is 5.52. The molecular formula is C17H12BrFN4O2. The molecule has 0 aliphatic carbocycles. The van der Waals surface area contributed by atoms with E-state index in [4.69, 9.17) is 14.9 Å². The standard InChI is InChI=1S/C17H12BrFN4O2/c18-10-7-24-6-9-3-4-23-14(9)13(10)15(19)22-16(23)8-1-2-12-11(5-8)21-17(20)25-12/h1-2,5,7H,3-4,6H2,(H2,20,21). The van der Waals surface area contributed by atoms with Gasteiger partial charge in [-0.2, -0.15) is 9.37 Å². The molecule has 3 aliphatic heterocycles. The molecule has 5 rings (SSSR count). The Bertz CT molecular complexity index is 1050. The monoisotopic (exact) mass is 402 g/mol. The number of allylic oxidation sites excluding steroid dienone is 1. The van der Waals surface area contributed by atoms with Gasteiger partial charge < -0.3 is 19.8 Å². The van der Waals surface area contributed by atoms with E-state index in [1.165, 1.54) is 6.26 Å². The SMILES string of the molecule is Nc1nc2cc(C3=NC(F)=C4C(Br)=COCC5=C4N3CC5)ccc2o1. The van der Waals surface area contributed by atoms with E-state index in [1.54, 1.807) is 6.07 Å². The number of nitrogens with two attached hydrogens (primary N) is 1. The average Bonchev–Trinajstić information content (AvgIpc) is 3.11. The normalized spacial score (nSPS) is 19.7. The van der Waals surface area contributed by atoms with Crippen LogP contribution in [-0.4, -0.2) is 28.9 Å². The Balaban J connectivity index is 1.70. The Morgan fingerprint density at radius 1 is 1.32 bits per heavy atom. The van der Waals surface area contributed by atoms with E-state index in [0.29, 0.717) is 33.6 Å². The van der Waals surface area contributed by atoms with Crippen LogP contribution in [0.1, 0.15) is 12.0 Å². The molecule has 126 valence electrons. The molecule has 8 heteroatoms. The van der Waals surface area contributed by atoms with Crippen LogP contribution >= 0.6 is 15.9 Å². The number of hydrogen-bond donors (Lipinski definition) is 1. The zero-order chi connectivity index (χ0) is 17.1. The fraction of sp³-hybridized carbons (Fsp3) is 0.176. The van der Waals surface area contributed by atoms with Crippen molar-refractivity contribution in [1.29, 1.82) is 0 Å². The molecule has 0 saturated heterocycles. The first-order valence-corrected chi connectivity index (χ1v) is 8.53. The fourth-order valence-electron chi connectivity index (χ4n) is 3.43. The number of rotatable bonds is 1.